The molecule has 0 aromatic rings. The number of hydrogen-bond acceptors (Lipinski definition) is 1. The van der Waals surface area contributed by atoms with Crippen molar-refractivity contribution in [2.24, 2.45) is 5.92 Å². The third-order valence-electron chi connectivity index (χ3n) is 1.64. The molecule has 2 nitrogen and oxygen atoms in total. The Morgan fingerprint density at radius 2 is 2.20 bits per heavy atom. The quantitative estimate of drug-likeness (QED) is 0.593. The molecule has 1 atom stereocenters. The highest BCUT2D eigenvalue weighted by Gasteiger charge is 2.18. The van der Waals surface area contributed by atoms with E-state index in [2.05, 4.69) is 12.2 Å². The van der Waals surface area contributed by atoms with Crippen LogP contribution in [0.4, 0.5) is 0 Å². The maximum absolute atomic E-state index is 10.5. The third kappa shape index (κ3) is 2.85. The molecule has 1 N–H and O–H groups in total. The third-order valence-corrected chi connectivity index (χ3v) is 1.64. The highest BCUT2D eigenvalue weighted by Crippen LogP contribution is 2.11. The second-order valence-corrected chi connectivity index (χ2v) is 2.28. The average Bonchev–Trinajstić information content (AvgIpc) is 2.40. The van der Waals surface area contributed by atoms with Crippen LogP contribution in [-0.4, -0.2) is 12.5 Å². The maximum Gasteiger partial charge on any atom is 0.220 e. The number of nitrogens with one attached hydrogen (secondary N) is 1. The fourth-order valence-electron chi connectivity index (χ4n) is 0.953. The van der Waals surface area contributed by atoms with Crippen LogP contribution < -0.4 is 5.32 Å². The molecule has 0 aromatic heterocycles. The predicted molar refractivity (Wildman–Crippen MR) is 42.8 cm³/mol. The molecule has 10 heavy (non-hydrogen) atoms. The summed E-state index contributed by atoms with van der Waals surface area (Å²) in [5, 5.41) is 2.78. The zero-order valence-corrected chi connectivity index (χ0v) is 7.11. The fraction of sp³-hybridized carbons (Fsp3) is 0.875. The van der Waals surface area contributed by atoms with E-state index in [0.29, 0.717) is 5.92 Å². The average molecular weight is 143 g/mol. The summed E-state index contributed by atoms with van der Waals surface area (Å²) in [7, 11) is 0. The van der Waals surface area contributed by atoms with Crippen LogP contribution in [-0.2, 0) is 4.79 Å². The summed E-state index contributed by atoms with van der Waals surface area (Å²) in [6.45, 7) is 7.01. The first-order valence-electron chi connectivity index (χ1n) is 4.09. The number of amides is 1. The smallest absolute Gasteiger partial charge is 0.220 e. The van der Waals surface area contributed by atoms with Crippen LogP contribution >= 0.6 is 0 Å². The van der Waals surface area contributed by atoms with E-state index in [1.54, 1.807) is 0 Å². The molecule has 0 aliphatic carbocycles. The van der Waals surface area contributed by atoms with Gasteiger partial charge in [0.05, 0.1) is 0 Å². The summed E-state index contributed by atoms with van der Waals surface area (Å²) in [5.41, 5.74) is 0. The van der Waals surface area contributed by atoms with Crippen molar-refractivity contribution in [3.63, 3.8) is 0 Å². The van der Waals surface area contributed by atoms with Gasteiger partial charge in [-0.25, -0.2) is 0 Å². The first-order chi connectivity index (χ1) is 4.83. The van der Waals surface area contributed by atoms with E-state index in [1.165, 1.54) is 0 Å². The molecule has 60 valence electrons. The van der Waals surface area contributed by atoms with Crippen molar-refractivity contribution < 1.29 is 4.79 Å². The standard InChI is InChI=1S/C6H11NO.C2H6/c1-2-5-3-6(8)7-4-5;1-2/h5H,2-4H2,1H3,(H,7,8);1-2H3/t5-;/m0./s1. The summed E-state index contributed by atoms with van der Waals surface area (Å²) in [4.78, 5) is 10.5. The lowest BCUT2D eigenvalue weighted by Crippen LogP contribution is -2.13. The van der Waals surface area contributed by atoms with Crippen molar-refractivity contribution in [2.45, 2.75) is 33.6 Å². The van der Waals surface area contributed by atoms with E-state index < -0.39 is 0 Å². The van der Waals surface area contributed by atoms with Crippen molar-refractivity contribution in [1.29, 1.82) is 0 Å². The summed E-state index contributed by atoms with van der Waals surface area (Å²) in [5.74, 6) is 0.833. The molecule has 1 aliphatic heterocycles. The Hall–Kier alpha value is -0.530. The van der Waals surface area contributed by atoms with Crippen molar-refractivity contribution in [1.82, 2.24) is 5.32 Å². The second-order valence-electron chi connectivity index (χ2n) is 2.28. The van der Waals surface area contributed by atoms with Gasteiger partial charge in [-0.2, -0.15) is 0 Å². The normalized spacial score (nSPS) is 23.1. The Balaban J connectivity index is 0.000000371. The molecule has 0 unspecified atom stereocenters. The van der Waals surface area contributed by atoms with E-state index in [4.69, 9.17) is 0 Å². The zero-order chi connectivity index (χ0) is 7.98. The Bertz CT molecular complexity index is 101. The van der Waals surface area contributed by atoms with Gasteiger partial charge in [0.25, 0.3) is 0 Å². The second kappa shape index (κ2) is 5.27. The SMILES string of the molecule is CC.CC[C@@H]1CNC(=O)C1. The minimum absolute atomic E-state index is 0.219. The van der Waals surface area contributed by atoms with Gasteiger partial charge in [-0.1, -0.05) is 27.2 Å². The number of hydrogen-bond donors (Lipinski definition) is 1. The van der Waals surface area contributed by atoms with Gasteiger partial charge < -0.3 is 5.32 Å². The molecule has 0 spiro atoms. The Morgan fingerprint density at radius 3 is 2.40 bits per heavy atom. The van der Waals surface area contributed by atoms with E-state index in [-0.39, 0.29) is 5.91 Å². The van der Waals surface area contributed by atoms with Crippen molar-refractivity contribution in [3.05, 3.63) is 0 Å². The minimum Gasteiger partial charge on any atom is -0.356 e. The predicted octanol–water partition coefficient (Wildman–Crippen LogP) is 1.56. The molecule has 1 rings (SSSR count). The molecule has 0 saturated carbocycles. The van der Waals surface area contributed by atoms with Crippen LogP contribution in [0.1, 0.15) is 33.6 Å². The maximum atomic E-state index is 10.5. The first-order valence-corrected chi connectivity index (χ1v) is 4.09. The fourth-order valence-corrected chi connectivity index (χ4v) is 0.953. The van der Waals surface area contributed by atoms with E-state index in [0.717, 1.165) is 19.4 Å². The van der Waals surface area contributed by atoms with E-state index >= 15 is 0 Å². The Morgan fingerprint density at radius 1 is 1.60 bits per heavy atom. The van der Waals surface area contributed by atoms with Crippen molar-refractivity contribution >= 4 is 5.91 Å². The van der Waals surface area contributed by atoms with Gasteiger partial charge in [-0.05, 0) is 5.92 Å². The lowest BCUT2D eigenvalue weighted by Gasteiger charge is -1.97. The van der Waals surface area contributed by atoms with E-state index in [9.17, 15) is 4.79 Å². The van der Waals surface area contributed by atoms with E-state index in [1.807, 2.05) is 13.8 Å². The molecule has 1 saturated heterocycles. The summed E-state index contributed by atoms with van der Waals surface area (Å²) in [6.07, 6.45) is 1.87. The zero-order valence-electron chi connectivity index (χ0n) is 7.11. The lowest BCUT2D eigenvalue weighted by atomic mass is 10.1. The minimum atomic E-state index is 0.219. The molecule has 1 amide bonds. The monoisotopic (exact) mass is 143 g/mol. The molecule has 1 heterocycles. The van der Waals surface area contributed by atoms with Gasteiger partial charge in [0, 0.05) is 13.0 Å². The molecule has 0 aromatic carbocycles. The molecule has 2 heteroatoms. The Kier molecular flexibility index (Phi) is 4.99. The largest absolute Gasteiger partial charge is 0.356 e. The number of rotatable bonds is 1. The lowest BCUT2D eigenvalue weighted by molar-refractivity contribution is -0.119. The van der Waals surface area contributed by atoms with Crippen LogP contribution in [0.2, 0.25) is 0 Å². The van der Waals surface area contributed by atoms with Gasteiger partial charge in [0.2, 0.25) is 5.91 Å². The van der Waals surface area contributed by atoms with Gasteiger partial charge in [0.1, 0.15) is 0 Å². The highest BCUT2D eigenvalue weighted by molar-refractivity contribution is 5.78. The van der Waals surface area contributed by atoms with Crippen LogP contribution in [0.3, 0.4) is 0 Å². The molecule has 0 radical (unpaired) electrons. The molecule has 0 bridgehead atoms. The molecule has 1 aliphatic rings. The van der Waals surface area contributed by atoms with Gasteiger partial charge in [0.15, 0.2) is 0 Å². The topological polar surface area (TPSA) is 29.1 Å². The van der Waals surface area contributed by atoms with Crippen LogP contribution in [0.25, 0.3) is 0 Å². The number of carbonyl (C=O) groups is 1. The number of carbonyl (C=O) groups excluding carboxylic acids is 1. The molecular formula is C8H17NO. The van der Waals surface area contributed by atoms with Crippen molar-refractivity contribution in [2.75, 3.05) is 6.54 Å². The first kappa shape index (κ1) is 9.47. The van der Waals surface area contributed by atoms with Crippen LogP contribution in [0.5, 0.6) is 0 Å². The van der Waals surface area contributed by atoms with Gasteiger partial charge >= 0.3 is 0 Å². The summed E-state index contributed by atoms with van der Waals surface area (Å²) in [6, 6.07) is 0. The van der Waals surface area contributed by atoms with Gasteiger partial charge in [-0.15, -0.1) is 0 Å². The molecular weight excluding hydrogens is 126 g/mol. The summed E-state index contributed by atoms with van der Waals surface area (Å²) >= 11 is 0. The van der Waals surface area contributed by atoms with Crippen molar-refractivity contribution in [3.8, 4) is 0 Å². The summed E-state index contributed by atoms with van der Waals surface area (Å²) < 4.78 is 0. The van der Waals surface area contributed by atoms with Gasteiger partial charge in [-0.3, -0.25) is 4.79 Å². The highest BCUT2D eigenvalue weighted by atomic mass is 16.1. The molecule has 1 fully saturated rings. The van der Waals surface area contributed by atoms with Crippen LogP contribution in [0, 0.1) is 5.92 Å². The Labute approximate surface area is 63.0 Å². The van der Waals surface area contributed by atoms with Crippen LogP contribution in [0.15, 0.2) is 0 Å².